The summed E-state index contributed by atoms with van der Waals surface area (Å²) in [5.74, 6) is 3.73. The summed E-state index contributed by atoms with van der Waals surface area (Å²) in [7, 11) is 0. The van der Waals surface area contributed by atoms with Crippen LogP contribution in [0.15, 0.2) is 121 Å². The number of hydrogen-bond donors (Lipinski definition) is 0. The number of aryl methyl sites for hydroxylation is 2. The molecular formula is C68H86O4. The molecule has 0 aromatic heterocycles. The van der Waals surface area contributed by atoms with E-state index < -0.39 is 11.9 Å². The highest BCUT2D eigenvalue weighted by molar-refractivity contribution is 6.11. The topological polar surface area (TPSA) is 52.6 Å². The maximum Gasteiger partial charge on any atom is 0.343 e. The quantitative estimate of drug-likeness (QED) is 0.0293. The first kappa shape index (κ1) is 53.1. The minimum Gasteiger partial charge on any atom is -0.422 e. The van der Waals surface area contributed by atoms with Crippen molar-refractivity contribution < 1.29 is 19.1 Å². The molecule has 4 nitrogen and oxygen atoms in total. The largest absolute Gasteiger partial charge is 0.422 e. The maximum atomic E-state index is 14.1. The van der Waals surface area contributed by atoms with Crippen LogP contribution in [-0.4, -0.2) is 11.9 Å². The average Bonchev–Trinajstić information content (AvgIpc) is 3.42. The molecule has 4 heteroatoms. The fourth-order valence-corrected chi connectivity index (χ4v) is 12.3. The molecule has 2 aliphatic carbocycles. The summed E-state index contributed by atoms with van der Waals surface area (Å²) in [6.45, 7) is 4.59. The van der Waals surface area contributed by atoms with E-state index in [9.17, 15) is 9.59 Å². The zero-order valence-corrected chi connectivity index (χ0v) is 44.3. The fraction of sp³-hybridized carbons (Fsp3) is 0.500. The maximum absolute atomic E-state index is 14.1. The van der Waals surface area contributed by atoms with Gasteiger partial charge in [0.2, 0.25) is 0 Å². The predicted octanol–water partition coefficient (Wildman–Crippen LogP) is 19.9. The number of hydrogen-bond acceptors (Lipinski definition) is 4. The zero-order valence-electron chi connectivity index (χ0n) is 44.3. The van der Waals surface area contributed by atoms with Gasteiger partial charge in [0, 0.05) is 11.1 Å². The number of carbonyl (C=O) groups excluding carboxylic acids is 2. The van der Waals surface area contributed by atoms with Crippen LogP contribution >= 0.6 is 0 Å². The highest BCUT2D eigenvalue weighted by atomic mass is 16.5. The number of fused-ring (bicyclic) bond motifs is 2. The normalized spacial score (nSPS) is 18.1. The van der Waals surface area contributed by atoms with E-state index in [1.165, 1.54) is 178 Å². The van der Waals surface area contributed by atoms with Crippen molar-refractivity contribution in [1.82, 2.24) is 0 Å². The van der Waals surface area contributed by atoms with E-state index in [-0.39, 0.29) is 0 Å². The third kappa shape index (κ3) is 15.4. The predicted molar refractivity (Wildman–Crippen MR) is 302 cm³/mol. The van der Waals surface area contributed by atoms with E-state index in [1.807, 2.05) is 84.9 Å². The Morgan fingerprint density at radius 2 is 0.708 bits per heavy atom. The van der Waals surface area contributed by atoms with Gasteiger partial charge in [-0.15, -0.1) is 0 Å². The lowest BCUT2D eigenvalue weighted by atomic mass is 9.78. The van der Waals surface area contributed by atoms with E-state index in [0.717, 1.165) is 69.2 Å². The van der Waals surface area contributed by atoms with E-state index in [1.54, 1.807) is 0 Å². The van der Waals surface area contributed by atoms with Crippen LogP contribution in [0, 0.1) is 23.7 Å². The molecule has 382 valence electrons. The molecule has 2 saturated carbocycles. The lowest BCUT2D eigenvalue weighted by molar-refractivity contribution is 0.0723. The van der Waals surface area contributed by atoms with Crippen LogP contribution in [0.1, 0.15) is 213 Å². The van der Waals surface area contributed by atoms with Crippen molar-refractivity contribution in [3.63, 3.8) is 0 Å². The number of carbonyl (C=O) groups is 2. The SMILES string of the molecule is CCCCCCCC1CCC(CCCCc2ccc(C(=O)Oc3ccc4ccccc4c3-c3c(OC(=O)c4ccc(CCCCC5CCC(CCCCCCC)CC5)cc4)ccc4ccccc34)cc2)CC1. The number of rotatable bonds is 27. The summed E-state index contributed by atoms with van der Waals surface area (Å²) in [4.78, 5) is 28.1. The van der Waals surface area contributed by atoms with Gasteiger partial charge in [0.15, 0.2) is 0 Å². The molecule has 2 fully saturated rings. The number of unbranched alkanes of at least 4 members (excludes halogenated alkanes) is 10. The van der Waals surface area contributed by atoms with Gasteiger partial charge in [-0.3, -0.25) is 0 Å². The Kier molecular flexibility index (Phi) is 20.9. The summed E-state index contributed by atoms with van der Waals surface area (Å²) >= 11 is 0. The minimum absolute atomic E-state index is 0.417. The molecule has 0 spiro atoms. The first-order valence-corrected chi connectivity index (χ1v) is 29.1. The van der Waals surface area contributed by atoms with Gasteiger partial charge < -0.3 is 9.47 Å². The van der Waals surface area contributed by atoms with Crippen molar-refractivity contribution >= 4 is 33.5 Å². The highest BCUT2D eigenvalue weighted by Gasteiger charge is 2.25. The highest BCUT2D eigenvalue weighted by Crippen LogP contribution is 2.46. The molecule has 6 aromatic carbocycles. The standard InChI is InChI=1S/C68H86O4/c1-3-5-7-9-11-21-51-31-35-53(36-32-51)23-13-15-25-55-39-43-59(44-40-55)67(69)71-63-49-47-57-27-17-19-29-61(57)65(63)66-62-30-20-18-28-58(62)48-50-64(66)72-68(70)60-45-41-56(42-46-60)26-16-14-24-54-37-33-52(34-38-54)22-12-10-8-6-4-2/h17-20,27-30,39-54H,3-16,21-26,31-38H2,1-2H3. The van der Waals surface area contributed by atoms with Crippen LogP contribution < -0.4 is 9.47 Å². The summed E-state index contributed by atoms with van der Waals surface area (Å²) in [6.07, 6.45) is 37.8. The van der Waals surface area contributed by atoms with Crippen LogP contribution in [0.5, 0.6) is 11.5 Å². The van der Waals surface area contributed by atoms with Crippen molar-refractivity contribution in [2.75, 3.05) is 0 Å². The number of esters is 2. The van der Waals surface area contributed by atoms with E-state index in [0.29, 0.717) is 22.6 Å². The lowest BCUT2D eigenvalue weighted by Crippen LogP contribution is -2.14. The Labute approximate surface area is 434 Å². The molecule has 0 bridgehead atoms. The summed E-state index contributed by atoms with van der Waals surface area (Å²) < 4.78 is 12.7. The van der Waals surface area contributed by atoms with Crippen LogP contribution in [0.3, 0.4) is 0 Å². The molecule has 0 unspecified atom stereocenters. The zero-order chi connectivity index (χ0) is 49.7. The van der Waals surface area contributed by atoms with Crippen LogP contribution in [0.4, 0.5) is 0 Å². The third-order valence-electron chi connectivity index (χ3n) is 16.8. The van der Waals surface area contributed by atoms with E-state index in [4.69, 9.17) is 9.47 Å². The Balaban J connectivity index is 0.867. The van der Waals surface area contributed by atoms with Gasteiger partial charge in [0.05, 0.1) is 11.1 Å². The molecule has 0 heterocycles. The second-order valence-electron chi connectivity index (χ2n) is 22.2. The van der Waals surface area contributed by atoms with E-state index >= 15 is 0 Å². The van der Waals surface area contributed by atoms with Crippen LogP contribution in [0.2, 0.25) is 0 Å². The smallest absolute Gasteiger partial charge is 0.343 e. The van der Waals surface area contributed by atoms with Gasteiger partial charge in [-0.25, -0.2) is 9.59 Å². The molecule has 6 aromatic rings. The molecule has 0 radical (unpaired) electrons. The second kappa shape index (κ2) is 28.3. The summed E-state index contributed by atoms with van der Waals surface area (Å²) in [5.41, 5.74) is 4.96. The van der Waals surface area contributed by atoms with Gasteiger partial charge in [-0.1, -0.05) is 253 Å². The molecular weight excluding hydrogens is 881 g/mol. The second-order valence-corrected chi connectivity index (χ2v) is 22.2. The Morgan fingerprint density at radius 1 is 0.375 bits per heavy atom. The Morgan fingerprint density at radius 3 is 1.07 bits per heavy atom. The van der Waals surface area contributed by atoms with Crippen molar-refractivity contribution in [3.8, 4) is 22.6 Å². The van der Waals surface area contributed by atoms with Crippen molar-refractivity contribution in [3.05, 3.63) is 144 Å². The van der Waals surface area contributed by atoms with Gasteiger partial charge >= 0.3 is 11.9 Å². The summed E-state index contributed by atoms with van der Waals surface area (Å²) in [5, 5.41) is 3.80. The monoisotopic (exact) mass is 967 g/mol. The third-order valence-corrected chi connectivity index (χ3v) is 16.8. The molecule has 0 saturated heterocycles. The lowest BCUT2D eigenvalue weighted by Gasteiger charge is -2.28. The molecule has 0 aliphatic heterocycles. The van der Waals surface area contributed by atoms with Gasteiger partial charge in [-0.2, -0.15) is 0 Å². The summed E-state index contributed by atoms with van der Waals surface area (Å²) in [6, 6.07) is 39.9. The van der Waals surface area contributed by atoms with Crippen molar-refractivity contribution in [1.29, 1.82) is 0 Å². The van der Waals surface area contributed by atoms with Crippen molar-refractivity contribution in [2.24, 2.45) is 23.7 Å². The minimum atomic E-state index is -0.417. The fourth-order valence-electron chi connectivity index (χ4n) is 12.3. The molecule has 8 rings (SSSR count). The number of ether oxygens (including phenoxy) is 2. The first-order chi connectivity index (χ1) is 35.4. The van der Waals surface area contributed by atoms with Gasteiger partial charge in [-0.05, 0) is 118 Å². The average molecular weight is 967 g/mol. The molecule has 2 aliphatic rings. The Hall–Kier alpha value is -5.22. The van der Waals surface area contributed by atoms with Crippen LogP contribution in [0.25, 0.3) is 32.7 Å². The molecule has 0 amide bonds. The van der Waals surface area contributed by atoms with Crippen LogP contribution in [-0.2, 0) is 12.8 Å². The van der Waals surface area contributed by atoms with E-state index in [2.05, 4.69) is 50.2 Å². The number of benzene rings is 6. The molecule has 72 heavy (non-hydrogen) atoms. The Bertz CT molecular complexity index is 2390. The molecule has 0 N–H and O–H groups in total. The van der Waals surface area contributed by atoms with Crippen molar-refractivity contribution in [2.45, 2.75) is 194 Å². The van der Waals surface area contributed by atoms with Gasteiger partial charge in [0.1, 0.15) is 11.5 Å². The first-order valence-electron chi connectivity index (χ1n) is 29.1. The van der Waals surface area contributed by atoms with Gasteiger partial charge in [0.25, 0.3) is 0 Å². The molecule has 0 atom stereocenters.